The van der Waals surface area contributed by atoms with Crippen LogP contribution in [0.3, 0.4) is 0 Å². The lowest BCUT2D eigenvalue weighted by molar-refractivity contribution is -0.237. The largest absolute Gasteiger partial charge is 0.353 e. The van der Waals surface area contributed by atoms with Crippen LogP contribution in [0, 0.1) is 47.3 Å². The number of hydrogen-bond acceptors (Lipinski definition) is 2. The van der Waals surface area contributed by atoms with Crippen LogP contribution in [0.1, 0.15) is 32.1 Å². The molecule has 0 radical (unpaired) electrons. The number of hydrogen-bond donors (Lipinski definition) is 0. The van der Waals surface area contributed by atoms with Gasteiger partial charge < -0.3 is 9.47 Å². The van der Waals surface area contributed by atoms with Gasteiger partial charge in [-0.25, -0.2) is 0 Å². The van der Waals surface area contributed by atoms with E-state index >= 15 is 0 Å². The fourth-order valence-corrected chi connectivity index (χ4v) is 7.89. The predicted octanol–water partition coefficient (Wildman–Crippen LogP) is 2.68. The second kappa shape index (κ2) is 2.69. The Bertz CT molecular complexity index is 435. The Morgan fingerprint density at radius 1 is 0.944 bits per heavy atom. The molecule has 2 heteroatoms. The van der Waals surface area contributed by atoms with Crippen LogP contribution in [0.15, 0.2) is 0 Å². The van der Waals surface area contributed by atoms with Crippen LogP contribution in [0.5, 0.6) is 0 Å². The van der Waals surface area contributed by atoms with Gasteiger partial charge in [-0.1, -0.05) is 0 Å². The number of fused-ring (bicyclic) bond motifs is 13. The van der Waals surface area contributed by atoms with Crippen molar-refractivity contribution in [2.75, 3.05) is 7.11 Å². The van der Waals surface area contributed by atoms with Crippen molar-refractivity contribution < 1.29 is 9.47 Å². The van der Waals surface area contributed by atoms with Crippen molar-refractivity contribution in [1.82, 2.24) is 0 Å². The summed E-state index contributed by atoms with van der Waals surface area (Å²) in [5.74, 6) is 7.48. The molecule has 5 rings (SSSR count). The van der Waals surface area contributed by atoms with Crippen LogP contribution in [-0.2, 0) is 9.47 Å². The monoisotopic (exact) mass is 246 g/mol. The van der Waals surface area contributed by atoms with E-state index in [9.17, 15) is 0 Å². The van der Waals surface area contributed by atoms with E-state index in [0.717, 1.165) is 47.3 Å². The maximum Gasteiger partial charge on any atom is 0.171 e. The molecule has 0 aromatic carbocycles. The van der Waals surface area contributed by atoms with Crippen molar-refractivity contribution >= 4 is 0 Å². The maximum absolute atomic E-state index is 6.58. The Morgan fingerprint density at radius 2 is 1.78 bits per heavy atom. The summed E-state index contributed by atoms with van der Waals surface area (Å²) in [7, 11) is 1.92. The molecule has 2 nitrogen and oxygen atoms in total. The highest BCUT2D eigenvalue weighted by molar-refractivity contribution is 5.20. The van der Waals surface area contributed by atoms with E-state index in [-0.39, 0.29) is 5.79 Å². The van der Waals surface area contributed by atoms with Gasteiger partial charge in [0.05, 0.1) is 6.10 Å². The zero-order valence-corrected chi connectivity index (χ0v) is 11.0. The molecule has 0 aromatic heterocycles. The topological polar surface area (TPSA) is 18.5 Å². The molecule has 0 amide bonds. The average molecular weight is 246 g/mol. The summed E-state index contributed by atoms with van der Waals surface area (Å²) in [6, 6.07) is 0. The lowest BCUT2D eigenvalue weighted by atomic mass is 9.63. The van der Waals surface area contributed by atoms with Crippen LogP contribution in [0.2, 0.25) is 0 Å². The molecule has 98 valence electrons. The van der Waals surface area contributed by atoms with Crippen LogP contribution >= 0.6 is 0 Å². The predicted molar refractivity (Wildman–Crippen MR) is 65.6 cm³/mol. The van der Waals surface area contributed by atoms with Crippen molar-refractivity contribution in [3.8, 4) is 0 Å². The molecule has 5 aliphatic rings. The van der Waals surface area contributed by atoms with E-state index in [1.807, 2.05) is 7.11 Å². The molecule has 0 N–H and O–H groups in total. The molecule has 2 heterocycles. The third-order valence-corrected chi connectivity index (χ3v) is 8.10. The van der Waals surface area contributed by atoms with Crippen LogP contribution in [0.25, 0.3) is 0 Å². The second-order valence-corrected chi connectivity index (χ2v) is 8.10. The van der Waals surface area contributed by atoms with Crippen molar-refractivity contribution in [3.63, 3.8) is 0 Å². The first-order valence-corrected chi connectivity index (χ1v) is 8.04. The van der Waals surface area contributed by atoms with Crippen molar-refractivity contribution in [2.45, 2.75) is 44.0 Å². The Morgan fingerprint density at radius 3 is 2.67 bits per heavy atom. The SMILES string of the molecule is COC12CC3CC4C5CC3CC(O1)C1C5CC4C12. The standard InChI is InChI=1S/C16H22O2/c1-17-16-6-8-3-10-9-2-7(8)4-13(18-16)14-11(9)5-12(10)15(14)16/h7-15H,2-6H2,1H3. The highest BCUT2D eigenvalue weighted by Gasteiger charge is 2.75. The molecule has 0 aromatic rings. The normalized spacial score (nSPS) is 73.5. The summed E-state index contributed by atoms with van der Waals surface area (Å²) in [5.41, 5.74) is 0. The fourth-order valence-electron chi connectivity index (χ4n) is 7.89. The molecule has 0 spiro atoms. The molecule has 2 aliphatic heterocycles. The molecule has 18 heavy (non-hydrogen) atoms. The summed E-state index contributed by atoms with van der Waals surface area (Å²) in [6.45, 7) is 0. The lowest BCUT2D eigenvalue weighted by Crippen LogP contribution is -2.43. The minimum atomic E-state index is -0.155. The summed E-state index contributed by atoms with van der Waals surface area (Å²) in [6.07, 6.45) is 7.72. The minimum Gasteiger partial charge on any atom is -0.353 e. The van der Waals surface area contributed by atoms with Gasteiger partial charge in [-0.3, -0.25) is 0 Å². The number of ether oxygens (including phenoxy) is 2. The van der Waals surface area contributed by atoms with Gasteiger partial charge in [-0.2, -0.15) is 0 Å². The van der Waals surface area contributed by atoms with Gasteiger partial charge in [-0.05, 0) is 67.1 Å². The van der Waals surface area contributed by atoms with Gasteiger partial charge >= 0.3 is 0 Å². The van der Waals surface area contributed by atoms with E-state index in [4.69, 9.17) is 9.47 Å². The first kappa shape index (κ1) is 9.77. The highest BCUT2D eigenvalue weighted by atomic mass is 16.7. The van der Waals surface area contributed by atoms with E-state index in [1.54, 1.807) is 6.42 Å². The molecule has 3 aliphatic carbocycles. The third-order valence-electron chi connectivity index (χ3n) is 8.10. The van der Waals surface area contributed by atoms with E-state index in [0.29, 0.717) is 6.10 Å². The maximum atomic E-state index is 6.58. The average Bonchev–Trinajstić information content (AvgIpc) is 2.96. The molecular weight excluding hydrogens is 224 g/mol. The van der Waals surface area contributed by atoms with Gasteiger partial charge in [-0.15, -0.1) is 0 Å². The summed E-state index contributed by atoms with van der Waals surface area (Å²) in [5, 5.41) is 0. The highest BCUT2D eigenvalue weighted by Crippen LogP contribution is 2.75. The first-order valence-electron chi connectivity index (χ1n) is 8.04. The minimum absolute atomic E-state index is 0.155. The lowest BCUT2D eigenvalue weighted by Gasteiger charge is -2.41. The molecular formula is C16H22O2. The summed E-state index contributed by atoms with van der Waals surface area (Å²) in [4.78, 5) is 0. The fraction of sp³-hybridized carbons (Fsp3) is 1.00. The van der Waals surface area contributed by atoms with Crippen molar-refractivity contribution in [2.24, 2.45) is 47.3 Å². The number of methoxy groups -OCH3 is 1. The Kier molecular flexibility index (Phi) is 1.46. The smallest absolute Gasteiger partial charge is 0.171 e. The summed E-state index contributed by atoms with van der Waals surface area (Å²) >= 11 is 0. The van der Waals surface area contributed by atoms with E-state index < -0.39 is 0 Å². The molecule has 10 atom stereocenters. The van der Waals surface area contributed by atoms with Gasteiger partial charge in [0.25, 0.3) is 0 Å². The molecule has 4 bridgehead atoms. The molecule has 3 saturated carbocycles. The Labute approximate surface area is 108 Å². The Balaban J connectivity index is 1.65. The quantitative estimate of drug-likeness (QED) is 0.708. The zero-order valence-electron chi connectivity index (χ0n) is 11.0. The van der Waals surface area contributed by atoms with E-state index in [2.05, 4.69) is 0 Å². The molecule has 5 fully saturated rings. The van der Waals surface area contributed by atoms with Gasteiger partial charge in [0.15, 0.2) is 5.79 Å². The van der Waals surface area contributed by atoms with Gasteiger partial charge in [0.2, 0.25) is 0 Å². The second-order valence-electron chi connectivity index (χ2n) is 8.10. The van der Waals surface area contributed by atoms with Crippen LogP contribution < -0.4 is 0 Å². The third kappa shape index (κ3) is 0.791. The van der Waals surface area contributed by atoms with Gasteiger partial charge in [0, 0.05) is 19.4 Å². The van der Waals surface area contributed by atoms with E-state index in [1.165, 1.54) is 25.7 Å². The number of rotatable bonds is 1. The first-order chi connectivity index (χ1) is 8.81. The summed E-state index contributed by atoms with van der Waals surface area (Å²) < 4.78 is 12.6. The van der Waals surface area contributed by atoms with Gasteiger partial charge in [0.1, 0.15) is 0 Å². The Hall–Kier alpha value is -0.0800. The van der Waals surface area contributed by atoms with Crippen molar-refractivity contribution in [1.29, 1.82) is 0 Å². The van der Waals surface area contributed by atoms with Crippen LogP contribution in [0.4, 0.5) is 0 Å². The zero-order chi connectivity index (χ0) is 11.6. The molecule has 2 saturated heterocycles. The van der Waals surface area contributed by atoms with Crippen molar-refractivity contribution in [3.05, 3.63) is 0 Å². The molecule has 10 unspecified atom stereocenters. The van der Waals surface area contributed by atoms with Crippen LogP contribution in [-0.4, -0.2) is 19.0 Å².